The summed E-state index contributed by atoms with van der Waals surface area (Å²) in [6.45, 7) is 2.45. The zero-order valence-corrected chi connectivity index (χ0v) is 21.3. The molecule has 0 aromatic heterocycles. The summed E-state index contributed by atoms with van der Waals surface area (Å²) >= 11 is 0. The SMILES string of the molecule is C[C@@]12CCC[C@@](C)(C(=O)O[C@H]3O[C@@H](CO)[C@H](O)[C@@H](O)[C@@H]3O)[C@H]1CC[C@@]13C[C@@H](C[C@H](O)[C@H]12)[C@](O)(CO)C3=O. The van der Waals surface area contributed by atoms with Crippen molar-refractivity contribution in [2.75, 3.05) is 13.2 Å². The molecular weight excluding hydrogens is 488 g/mol. The van der Waals surface area contributed by atoms with Gasteiger partial charge < -0.3 is 45.2 Å². The van der Waals surface area contributed by atoms with E-state index < -0.39 is 95.5 Å². The van der Waals surface area contributed by atoms with Gasteiger partial charge in [-0.1, -0.05) is 13.3 Å². The van der Waals surface area contributed by atoms with E-state index in [0.717, 1.165) is 0 Å². The maximum Gasteiger partial charge on any atom is 0.314 e. The van der Waals surface area contributed by atoms with E-state index in [4.69, 9.17) is 9.47 Å². The topological polar surface area (TPSA) is 194 Å². The average Bonchev–Trinajstić information content (AvgIpc) is 3.02. The fourth-order valence-electron chi connectivity index (χ4n) is 9.29. The molecule has 11 heteroatoms. The van der Waals surface area contributed by atoms with Crippen molar-refractivity contribution < 1.29 is 54.8 Å². The first kappa shape index (κ1) is 27.4. The van der Waals surface area contributed by atoms with Gasteiger partial charge in [0.25, 0.3) is 0 Å². The van der Waals surface area contributed by atoms with Crippen molar-refractivity contribution in [3.05, 3.63) is 0 Å². The van der Waals surface area contributed by atoms with E-state index in [-0.39, 0.29) is 12.3 Å². The molecule has 1 aliphatic heterocycles. The minimum absolute atomic E-state index is 0.198. The number of Topliss-reactive ketones (excluding diaryl/α,β-unsaturated/α-hetero) is 1. The predicted molar refractivity (Wildman–Crippen MR) is 124 cm³/mol. The Balaban J connectivity index is 1.44. The Hall–Kier alpha value is -1.18. The summed E-state index contributed by atoms with van der Waals surface area (Å²) in [6.07, 6.45) is -5.43. The fraction of sp³-hybridized carbons (Fsp3) is 0.923. The highest BCUT2D eigenvalue weighted by Crippen LogP contribution is 2.71. The molecule has 5 fully saturated rings. The number of aliphatic hydroxyl groups is 7. The van der Waals surface area contributed by atoms with Gasteiger partial charge in [-0.3, -0.25) is 9.59 Å². The fourth-order valence-corrected chi connectivity index (χ4v) is 9.29. The molecule has 1 heterocycles. The molecule has 0 unspecified atom stereocenters. The lowest BCUT2D eigenvalue weighted by atomic mass is 9.40. The molecular formula is C26H40O11. The predicted octanol–water partition coefficient (Wildman–Crippen LogP) is -1.38. The summed E-state index contributed by atoms with van der Waals surface area (Å²) in [5.41, 5.74) is -4.53. The molecule has 5 aliphatic rings. The van der Waals surface area contributed by atoms with Gasteiger partial charge in [0.2, 0.25) is 6.29 Å². The first-order valence-electron chi connectivity index (χ1n) is 13.4. The highest BCUT2D eigenvalue weighted by atomic mass is 16.7. The van der Waals surface area contributed by atoms with Crippen LogP contribution in [0.25, 0.3) is 0 Å². The maximum absolute atomic E-state index is 13.7. The van der Waals surface area contributed by atoms with E-state index in [1.54, 1.807) is 6.92 Å². The van der Waals surface area contributed by atoms with Gasteiger partial charge in [-0.05, 0) is 56.8 Å². The Bertz CT molecular complexity index is 941. The number of ether oxygens (including phenoxy) is 2. The Morgan fingerprint density at radius 2 is 1.76 bits per heavy atom. The van der Waals surface area contributed by atoms with Crippen molar-refractivity contribution in [1.29, 1.82) is 0 Å². The third-order valence-corrected chi connectivity index (χ3v) is 11.0. The number of rotatable bonds is 4. The van der Waals surface area contributed by atoms with Crippen molar-refractivity contribution in [1.82, 2.24) is 0 Å². The van der Waals surface area contributed by atoms with Crippen LogP contribution < -0.4 is 0 Å². The van der Waals surface area contributed by atoms with Gasteiger partial charge in [-0.15, -0.1) is 0 Å². The third-order valence-electron chi connectivity index (χ3n) is 11.0. The summed E-state index contributed by atoms with van der Waals surface area (Å²) in [5, 5.41) is 72.3. The number of hydrogen-bond donors (Lipinski definition) is 7. The summed E-state index contributed by atoms with van der Waals surface area (Å²) in [6, 6.07) is 0. The summed E-state index contributed by atoms with van der Waals surface area (Å²) in [4.78, 5) is 27.4. The molecule has 2 bridgehead atoms. The molecule has 4 aliphatic carbocycles. The van der Waals surface area contributed by atoms with Crippen LogP contribution in [0.2, 0.25) is 0 Å². The summed E-state index contributed by atoms with van der Waals surface area (Å²) < 4.78 is 11.0. The number of hydrogen-bond acceptors (Lipinski definition) is 11. The molecule has 1 spiro atoms. The van der Waals surface area contributed by atoms with E-state index in [1.165, 1.54) is 0 Å². The number of carbonyl (C=O) groups excluding carboxylic acids is 2. The van der Waals surface area contributed by atoms with E-state index in [1.807, 2.05) is 6.92 Å². The Morgan fingerprint density at radius 3 is 2.41 bits per heavy atom. The van der Waals surface area contributed by atoms with Crippen molar-refractivity contribution in [2.24, 2.45) is 34.0 Å². The second kappa shape index (κ2) is 8.92. The quantitative estimate of drug-likeness (QED) is 0.212. The first-order valence-corrected chi connectivity index (χ1v) is 13.4. The average molecular weight is 529 g/mol. The van der Waals surface area contributed by atoms with Crippen LogP contribution in [0.3, 0.4) is 0 Å². The van der Waals surface area contributed by atoms with E-state index in [2.05, 4.69) is 0 Å². The summed E-state index contributed by atoms with van der Waals surface area (Å²) in [7, 11) is 0. The lowest BCUT2D eigenvalue weighted by Gasteiger charge is -2.63. The van der Waals surface area contributed by atoms with Crippen LogP contribution in [0.4, 0.5) is 0 Å². The molecule has 0 aromatic carbocycles. The molecule has 5 rings (SSSR count). The largest absolute Gasteiger partial charge is 0.432 e. The highest BCUT2D eigenvalue weighted by Gasteiger charge is 2.74. The second-order valence-corrected chi connectivity index (χ2v) is 12.7. The number of ketones is 1. The molecule has 1 saturated heterocycles. The second-order valence-electron chi connectivity index (χ2n) is 12.7. The molecule has 37 heavy (non-hydrogen) atoms. The van der Waals surface area contributed by atoms with E-state index in [9.17, 15) is 45.3 Å². The molecule has 0 aromatic rings. The summed E-state index contributed by atoms with van der Waals surface area (Å²) in [5.74, 6) is -2.35. The molecule has 7 N–H and O–H groups in total. The van der Waals surface area contributed by atoms with Crippen molar-refractivity contribution in [3.63, 3.8) is 0 Å². The zero-order valence-electron chi connectivity index (χ0n) is 21.3. The zero-order chi connectivity index (χ0) is 27.1. The Kier molecular flexibility index (Phi) is 6.60. The molecule has 0 radical (unpaired) electrons. The van der Waals surface area contributed by atoms with E-state index >= 15 is 0 Å². The minimum atomic E-state index is -1.86. The molecule has 0 amide bonds. The van der Waals surface area contributed by atoms with Gasteiger partial charge in [-0.2, -0.15) is 0 Å². The van der Waals surface area contributed by atoms with Crippen LogP contribution in [0, 0.1) is 34.0 Å². The number of esters is 1. The lowest BCUT2D eigenvalue weighted by Crippen LogP contribution is -2.64. The molecule has 11 nitrogen and oxygen atoms in total. The smallest absolute Gasteiger partial charge is 0.314 e. The van der Waals surface area contributed by atoms with E-state index in [0.29, 0.717) is 38.5 Å². The van der Waals surface area contributed by atoms with Gasteiger partial charge in [0.1, 0.15) is 30.0 Å². The van der Waals surface area contributed by atoms with Gasteiger partial charge in [0.05, 0.1) is 24.7 Å². The van der Waals surface area contributed by atoms with Crippen molar-refractivity contribution in [2.45, 2.75) is 101 Å². The standard InChI is InChI=1S/C26H40O11/c1-23-5-3-6-24(2,22(34)37-20-18(32)17(31)16(30)14(10-27)36-20)15(23)4-7-25-9-12(8-13(29)19(23)25)26(35,11-28)21(25)33/h12-20,27-32,35H,3-11H2,1-2H3/t12-,13+,14+,15+,16+,17-,18+,19+,20-,23-,24-,25-,26-/m1/s1. The number of aliphatic hydroxyl groups excluding tert-OH is 6. The van der Waals surface area contributed by atoms with Gasteiger partial charge >= 0.3 is 5.97 Å². The lowest BCUT2D eigenvalue weighted by molar-refractivity contribution is -0.298. The normalized spacial score (nSPS) is 55.4. The number of carbonyl (C=O) groups is 2. The molecule has 210 valence electrons. The highest BCUT2D eigenvalue weighted by molar-refractivity contribution is 5.96. The number of fused-ring (bicyclic) bond motifs is 3. The maximum atomic E-state index is 13.7. The van der Waals surface area contributed by atoms with Crippen LogP contribution >= 0.6 is 0 Å². The first-order chi connectivity index (χ1) is 17.3. The third kappa shape index (κ3) is 3.55. The van der Waals surface area contributed by atoms with Crippen LogP contribution in [0.5, 0.6) is 0 Å². The van der Waals surface area contributed by atoms with Crippen LogP contribution in [0.1, 0.15) is 58.8 Å². The van der Waals surface area contributed by atoms with Gasteiger partial charge in [0.15, 0.2) is 5.78 Å². The Morgan fingerprint density at radius 1 is 1.05 bits per heavy atom. The molecule has 13 atom stereocenters. The van der Waals surface area contributed by atoms with Crippen molar-refractivity contribution in [3.8, 4) is 0 Å². The molecule has 4 saturated carbocycles. The Labute approximate surface area is 215 Å². The van der Waals surface area contributed by atoms with Gasteiger partial charge in [-0.25, -0.2) is 0 Å². The van der Waals surface area contributed by atoms with Crippen LogP contribution in [-0.4, -0.2) is 103 Å². The van der Waals surface area contributed by atoms with Crippen LogP contribution in [0.15, 0.2) is 0 Å². The van der Waals surface area contributed by atoms with Crippen molar-refractivity contribution >= 4 is 11.8 Å². The van der Waals surface area contributed by atoms with Crippen LogP contribution in [-0.2, 0) is 19.1 Å². The minimum Gasteiger partial charge on any atom is -0.432 e. The monoisotopic (exact) mass is 528 g/mol. The van der Waals surface area contributed by atoms with Gasteiger partial charge in [0, 0.05) is 17.3 Å².